The van der Waals surface area contributed by atoms with Crippen molar-refractivity contribution in [2.75, 3.05) is 17.7 Å². The van der Waals surface area contributed by atoms with Crippen LogP contribution < -0.4 is 11.1 Å². The molecule has 2 unspecified atom stereocenters. The smallest absolute Gasteiger partial charge is 0.271 e. The van der Waals surface area contributed by atoms with Crippen LogP contribution in [-0.4, -0.2) is 37.9 Å². The minimum atomic E-state index is -0.944. The Balaban J connectivity index is 2.87. The van der Waals surface area contributed by atoms with E-state index >= 15 is 0 Å². The van der Waals surface area contributed by atoms with Crippen LogP contribution in [0.15, 0.2) is 0 Å². The summed E-state index contributed by atoms with van der Waals surface area (Å²) < 4.78 is 12.7. The van der Waals surface area contributed by atoms with Crippen molar-refractivity contribution in [1.29, 1.82) is 0 Å². The van der Waals surface area contributed by atoms with Crippen LogP contribution in [0.5, 0.6) is 0 Å². The van der Waals surface area contributed by atoms with Gasteiger partial charge in [-0.05, 0) is 20.8 Å². The molecule has 0 aliphatic carbocycles. The summed E-state index contributed by atoms with van der Waals surface area (Å²) in [6.45, 7) is 6.06. The van der Waals surface area contributed by atoms with Gasteiger partial charge in [0.25, 0.3) is 5.91 Å². The monoisotopic (exact) mass is 272 g/mol. The van der Waals surface area contributed by atoms with Crippen LogP contribution in [0.4, 0.5) is 5.69 Å². The molecular formula is C11H20N4O2S. The van der Waals surface area contributed by atoms with E-state index in [4.69, 9.17) is 5.73 Å². The topological polar surface area (TPSA) is 90.0 Å². The van der Waals surface area contributed by atoms with Gasteiger partial charge in [0.1, 0.15) is 5.69 Å². The first-order chi connectivity index (χ1) is 8.36. The van der Waals surface area contributed by atoms with Gasteiger partial charge in [-0.15, -0.1) is 0 Å². The standard InChI is InChI=1S/C11H20N4O2S/c1-5-15-10(9(12)8(3)14-15)11(16)13-7(2)6-18(4)17/h7H,5-6,12H2,1-4H3,(H,13,16). The van der Waals surface area contributed by atoms with E-state index in [1.165, 1.54) is 0 Å². The molecule has 0 saturated heterocycles. The lowest BCUT2D eigenvalue weighted by molar-refractivity contribution is 0.0934. The fourth-order valence-electron chi connectivity index (χ4n) is 1.75. The first kappa shape index (κ1) is 14.7. The molecule has 1 rings (SSSR count). The minimum absolute atomic E-state index is 0.164. The maximum atomic E-state index is 12.1. The molecular weight excluding hydrogens is 252 g/mol. The number of nitrogens with zero attached hydrogens (tertiary/aromatic N) is 2. The summed E-state index contributed by atoms with van der Waals surface area (Å²) in [6, 6.07) is -0.164. The third kappa shape index (κ3) is 3.32. The van der Waals surface area contributed by atoms with E-state index in [2.05, 4.69) is 10.4 Å². The number of anilines is 1. The number of carbonyl (C=O) groups is 1. The molecule has 2 atom stereocenters. The van der Waals surface area contributed by atoms with Gasteiger partial charge in [-0.1, -0.05) is 0 Å². The lowest BCUT2D eigenvalue weighted by Gasteiger charge is -2.13. The van der Waals surface area contributed by atoms with E-state index in [1.807, 2.05) is 13.8 Å². The molecule has 1 amide bonds. The van der Waals surface area contributed by atoms with E-state index in [0.717, 1.165) is 0 Å². The first-order valence-electron chi connectivity index (χ1n) is 5.80. The lowest BCUT2D eigenvalue weighted by atomic mass is 10.2. The number of aromatic nitrogens is 2. The predicted molar refractivity (Wildman–Crippen MR) is 72.9 cm³/mol. The number of aryl methyl sites for hydroxylation is 2. The fourth-order valence-corrected chi connectivity index (χ4v) is 2.54. The number of nitrogens with two attached hydrogens (primary N) is 1. The molecule has 6 nitrogen and oxygen atoms in total. The molecule has 18 heavy (non-hydrogen) atoms. The highest BCUT2D eigenvalue weighted by molar-refractivity contribution is 7.84. The molecule has 0 saturated carbocycles. The van der Waals surface area contributed by atoms with Crippen molar-refractivity contribution in [3.63, 3.8) is 0 Å². The molecule has 3 N–H and O–H groups in total. The van der Waals surface area contributed by atoms with E-state index in [9.17, 15) is 9.00 Å². The molecule has 0 bridgehead atoms. The van der Waals surface area contributed by atoms with Crippen LogP contribution in [0.3, 0.4) is 0 Å². The summed E-state index contributed by atoms with van der Waals surface area (Å²) in [6.07, 6.45) is 1.61. The quantitative estimate of drug-likeness (QED) is 0.806. The zero-order valence-electron chi connectivity index (χ0n) is 11.2. The highest BCUT2D eigenvalue weighted by Crippen LogP contribution is 2.16. The number of hydrogen-bond acceptors (Lipinski definition) is 4. The van der Waals surface area contributed by atoms with E-state index in [-0.39, 0.29) is 11.9 Å². The second-order valence-electron chi connectivity index (χ2n) is 4.28. The van der Waals surface area contributed by atoms with Crippen LogP contribution in [0.2, 0.25) is 0 Å². The molecule has 0 aromatic carbocycles. The van der Waals surface area contributed by atoms with Crippen LogP contribution in [0.25, 0.3) is 0 Å². The average Bonchev–Trinajstić information content (AvgIpc) is 2.53. The van der Waals surface area contributed by atoms with E-state index < -0.39 is 10.8 Å². The van der Waals surface area contributed by atoms with Gasteiger partial charge in [0.05, 0.1) is 11.4 Å². The Labute approximate surface area is 109 Å². The van der Waals surface area contributed by atoms with E-state index in [1.54, 1.807) is 17.9 Å². The third-order valence-corrected chi connectivity index (χ3v) is 3.52. The summed E-state index contributed by atoms with van der Waals surface area (Å²) in [7, 11) is -0.944. The fraction of sp³-hybridized carbons (Fsp3) is 0.636. The number of amides is 1. The van der Waals surface area contributed by atoms with Gasteiger partial charge in [0, 0.05) is 35.4 Å². The summed E-state index contributed by atoms with van der Waals surface area (Å²) >= 11 is 0. The molecule has 0 radical (unpaired) electrons. The Hall–Kier alpha value is -1.37. The van der Waals surface area contributed by atoms with Crippen LogP contribution in [0, 0.1) is 6.92 Å². The minimum Gasteiger partial charge on any atom is -0.395 e. The average molecular weight is 272 g/mol. The molecule has 1 aromatic heterocycles. The second-order valence-corrected chi connectivity index (χ2v) is 5.76. The number of rotatable bonds is 5. The van der Waals surface area contributed by atoms with Crippen molar-refractivity contribution < 1.29 is 9.00 Å². The number of carbonyl (C=O) groups excluding carboxylic acids is 1. The van der Waals surface area contributed by atoms with Crippen LogP contribution in [0.1, 0.15) is 30.0 Å². The van der Waals surface area contributed by atoms with Crippen molar-refractivity contribution in [2.45, 2.75) is 33.4 Å². The van der Waals surface area contributed by atoms with Crippen molar-refractivity contribution in [3.8, 4) is 0 Å². The van der Waals surface area contributed by atoms with Crippen LogP contribution >= 0.6 is 0 Å². The Morgan fingerprint density at radius 3 is 2.72 bits per heavy atom. The van der Waals surface area contributed by atoms with Crippen molar-refractivity contribution in [3.05, 3.63) is 11.4 Å². The van der Waals surface area contributed by atoms with Gasteiger partial charge in [-0.3, -0.25) is 13.7 Å². The van der Waals surface area contributed by atoms with E-state index in [0.29, 0.717) is 29.4 Å². The first-order valence-corrected chi connectivity index (χ1v) is 7.53. The maximum absolute atomic E-state index is 12.1. The van der Waals surface area contributed by atoms with Crippen molar-refractivity contribution in [1.82, 2.24) is 15.1 Å². The third-order valence-electron chi connectivity index (χ3n) is 2.55. The summed E-state index contributed by atoms with van der Waals surface area (Å²) in [4.78, 5) is 12.1. The van der Waals surface area contributed by atoms with Gasteiger partial charge < -0.3 is 11.1 Å². The number of nitrogens with one attached hydrogen (secondary N) is 1. The highest BCUT2D eigenvalue weighted by Gasteiger charge is 2.20. The highest BCUT2D eigenvalue weighted by atomic mass is 32.2. The Kier molecular flexibility index (Phi) is 4.89. The Morgan fingerprint density at radius 2 is 2.22 bits per heavy atom. The Morgan fingerprint density at radius 1 is 1.61 bits per heavy atom. The summed E-state index contributed by atoms with van der Waals surface area (Å²) in [5, 5.41) is 6.97. The molecule has 102 valence electrons. The van der Waals surface area contributed by atoms with Crippen molar-refractivity contribution >= 4 is 22.4 Å². The van der Waals surface area contributed by atoms with Gasteiger partial charge in [-0.25, -0.2) is 0 Å². The second kappa shape index (κ2) is 5.99. The Bertz CT molecular complexity index is 470. The van der Waals surface area contributed by atoms with Gasteiger partial charge in [-0.2, -0.15) is 5.10 Å². The maximum Gasteiger partial charge on any atom is 0.271 e. The summed E-state index contributed by atoms with van der Waals surface area (Å²) in [5.74, 6) is 0.151. The SMILES string of the molecule is CCn1nc(C)c(N)c1C(=O)NC(C)CS(C)=O. The molecule has 0 aliphatic heterocycles. The van der Waals surface area contributed by atoms with Gasteiger partial charge >= 0.3 is 0 Å². The predicted octanol–water partition coefficient (Wildman–Crippen LogP) is 0.290. The number of nitrogen functional groups attached to an aromatic ring is 1. The molecule has 0 fully saturated rings. The number of hydrogen-bond donors (Lipinski definition) is 2. The van der Waals surface area contributed by atoms with Gasteiger partial charge in [0.2, 0.25) is 0 Å². The van der Waals surface area contributed by atoms with Crippen molar-refractivity contribution in [2.24, 2.45) is 0 Å². The molecule has 0 spiro atoms. The largest absolute Gasteiger partial charge is 0.395 e. The zero-order valence-corrected chi connectivity index (χ0v) is 12.0. The normalized spacial score (nSPS) is 14.2. The van der Waals surface area contributed by atoms with Crippen LogP contribution in [-0.2, 0) is 17.3 Å². The van der Waals surface area contributed by atoms with Gasteiger partial charge in [0.15, 0.2) is 0 Å². The summed E-state index contributed by atoms with van der Waals surface area (Å²) in [5.41, 5.74) is 7.28. The molecule has 1 heterocycles. The lowest BCUT2D eigenvalue weighted by Crippen LogP contribution is -2.37. The zero-order chi connectivity index (χ0) is 13.9. The molecule has 1 aromatic rings. The molecule has 7 heteroatoms. The molecule has 0 aliphatic rings.